The topological polar surface area (TPSA) is 148 Å². The second-order valence-electron chi connectivity index (χ2n) is 10.3. The summed E-state index contributed by atoms with van der Waals surface area (Å²) in [6.07, 6.45) is 5.19. The largest absolute Gasteiger partial charge is 0.327 e. The van der Waals surface area contributed by atoms with Gasteiger partial charge in [0.1, 0.15) is 6.33 Å². The van der Waals surface area contributed by atoms with E-state index in [0.29, 0.717) is 42.3 Å². The molecule has 2 aliphatic rings. The van der Waals surface area contributed by atoms with Crippen LogP contribution in [0.2, 0.25) is 5.02 Å². The van der Waals surface area contributed by atoms with Gasteiger partial charge in [0.25, 0.3) is 10.2 Å². The predicted molar refractivity (Wildman–Crippen MR) is 153 cm³/mol. The zero-order valence-electron chi connectivity index (χ0n) is 22.5. The van der Waals surface area contributed by atoms with Crippen LogP contribution in [-0.4, -0.2) is 98.7 Å². The zero-order chi connectivity index (χ0) is 29.1. The third-order valence-electron chi connectivity index (χ3n) is 7.59. The van der Waals surface area contributed by atoms with Crippen LogP contribution in [0.15, 0.2) is 60.9 Å². The third-order valence-corrected chi connectivity index (χ3v) is 9.02. The average Bonchev–Trinajstić information content (AvgIpc) is 3.63. The maximum Gasteiger partial charge on any atom is 0.277 e. The van der Waals surface area contributed by atoms with Gasteiger partial charge >= 0.3 is 0 Å². The Bertz CT molecular complexity index is 1530. The number of hydrogen-bond donors (Lipinski definition) is 1. The molecule has 12 nitrogen and oxygen atoms in total. The van der Waals surface area contributed by atoms with E-state index in [1.807, 2.05) is 37.3 Å². The van der Waals surface area contributed by atoms with Gasteiger partial charge in [-0.05, 0) is 53.6 Å². The summed E-state index contributed by atoms with van der Waals surface area (Å²) >= 11 is 6.23. The zero-order valence-corrected chi connectivity index (χ0v) is 24.0. The average molecular weight is 599 g/mol. The summed E-state index contributed by atoms with van der Waals surface area (Å²) in [7, 11) is -3.81. The van der Waals surface area contributed by atoms with Crippen LogP contribution in [-0.2, 0) is 26.2 Å². The quantitative estimate of drug-likeness (QED) is 0.382. The first-order chi connectivity index (χ1) is 19.6. The van der Waals surface area contributed by atoms with Crippen molar-refractivity contribution in [3.8, 4) is 5.69 Å². The molecule has 1 amide bonds. The molecule has 3 aromatic rings. The summed E-state index contributed by atoms with van der Waals surface area (Å²) in [6.45, 7) is 3.31. The molecule has 216 valence electrons. The van der Waals surface area contributed by atoms with Gasteiger partial charge in [-0.15, -0.1) is 5.10 Å². The molecular weight excluding hydrogens is 568 g/mol. The monoisotopic (exact) mass is 598 g/mol. The Morgan fingerprint density at radius 2 is 1.90 bits per heavy atom. The summed E-state index contributed by atoms with van der Waals surface area (Å²) in [4.78, 5) is 30.9. The smallest absolute Gasteiger partial charge is 0.277 e. The van der Waals surface area contributed by atoms with Gasteiger partial charge in [0.15, 0.2) is 5.78 Å². The number of benzene rings is 2. The Kier molecular flexibility index (Phi) is 8.61. The Morgan fingerprint density at radius 1 is 1.12 bits per heavy atom. The number of hydrogen-bond acceptors (Lipinski definition) is 8. The van der Waals surface area contributed by atoms with Crippen LogP contribution in [0.5, 0.6) is 0 Å². The lowest BCUT2D eigenvalue weighted by Crippen LogP contribution is -2.58. The fourth-order valence-corrected chi connectivity index (χ4v) is 6.70. The van der Waals surface area contributed by atoms with Crippen LogP contribution in [0, 0.1) is 0 Å². The van der Waals surface area contributed by atoms with Crippen LogP contribution < -0.4 is 5.14 Å². The Hall–Kier alpha value is -3.49. The van der Waals surface area contributed by atoms with Crippen LogP contribution >= 0.6 is 11.6 Å². The summed E-state index contributed by atoms with van der Waals surface area (Å²) in [5, 5.41) is 17.1. The minimum absolute atomic E-state index is 0.0474. The summed E-state index contributed by atoms with van der Waals surface area (Å²) < 4.78 is 26.7. The van der Waals surface area contributed by atoms with E-state index < -0.39 is 16.3 Å². The van der Waals surface area contributed by atoms with E-state index in [2.05, 4.69) is 20.4 Å². The van der Waals surface area contributed by atoms with Crippen LogP contribution in [0.1, 0.15) is 24.5 Å². The highest BCUT2D eigenvalue weighted by Crippen LogP contribution is 2.28. The molecule has 2 aliphatic heterocycles. The fraction of sp³-hybridized carbons (Fsp3) is 0.370. The number of likely N-dealkylation sites (tertiary alicyclic amines) is 1. The van der Waals surface area contributed by atoms with Crippen molar-refractivity contribution in [1.29, 1.82) is 0 Å². The number of carbonyl (C=O) groups excluding carboxylic acids is 2. The Labute approximate surface area is 243 Å². The first-order valence-electron chi connectivity index (χ1n) is 13.2. The Balaban J connectivity index is 1.38. The molecule has 2 aromatic carbocycles. The van der Waals surface area contributed by atoms with Crippen molar-refractivity contribution >= 4 is 39.6 Å². The number of nitrogens with two attached hydrogens (primary N) is 1. The molecule has 0 spiro atoms. The molecule has 0 radical (unpaired) electrons. The number of Topliss-reactive ketones (excluding diaryl/α,β-unsaturated/α-hetero) is 1. The molecule has 2 saturated heterocycles. The summed E-state index contributed by atoms with van der Waals surface area (Å²) in [5.41, 5.74) is 2.15. The van der Waals surface area contributed by atoms with E-state index in [1.54, 1.807) is 29.2 Å². The molecule has 3 atom stereocenters. The second-order valence-corrected chi connectivity index (χ2v) is 12.3. The number of nitrogens with zero attached hydrogens (tertiary/aromatic N) is 7. The Morgan fingerprint density at radius 3 is 2.59 bits per heavy atom. The lowest BCUT2D eigenvalue weighted by atomic mass is 10.00. The van der Waals surface area contributed by atoms with Crippen molar-refractivity contribution in [2.75, 3.05) is 26.2 Å². The van der Waals surface area contributed by atoms with E-state index in [9.17, 15) is 18.0 Å². The molecule has 2 fully saturated rings. The number of tetrazole rings is 1. The highest BCUT2D eigenvalue weighted by atomic mass is 35.5. The van der Waals surface area contributed by atoms with E-state index in [1.165, 1.54) is 21.4 Å². The number of ketones is 1. The predicted octanol–water partition coefficient (Wildman–Crippen LogP) is 1.32. The van der Waals surface area contributed by atoms with Crippen LogP contribution in [0.3, 0.4) is 0 Å². The van der Waals surface area contributed by atoms with E-state index in [-0.39, 0.29) is 36.7 Å². The number of carbonyl (C=O) groups is 2. The maximum absolute atomic E-state index is 13.6. The van der Waals surface area contributed by atoms with E-state index in [4.69, 9.17) is 16.7 Å². The van der Waals surface area contributed by atoms with Crippen molar-refractivity contribution in [2.24, 2.45) is 5.14 Å². The minimum atomic E-state index is -3.81. The van der Waals surface area contributed by atoms with Gasteiger partial charge in [-0.1, -0.05) is 41.9 Å². The van der Waals surface area contributed by atoms with E-state index >= 15 is 0 Å². The van der Waals surface area contributed by atoms with Crippen molar-refractivity contribution in [1.82, 2.24) is 34.3 Å². The summed E-state index contributed by atoms with van der Waals surface area (Å²) in [5.74, 6) is -0.355. The van der Waals surface area contributed by atoms with E-state index in [0.717, 1.165) is 5.56 Å². The second kappa shape index (κ2) is 12.2. The molecule has 3 heterocycles. The standard InChI is InChI=1S/C27H31ClN8O4S/c1-19-16-33(11-12-36(19)41(29,39)40)23-15-25(26(37)13-20-5-3-2-4-6-20)34(17-23)27(38)10-7-21-14-22(28)8-9-24(21)35-18-30-31-32-35/h2-10,14,18-19,23,25H,11-13,15-17H2,1H3,(H2,29,39,40)/b10-7+/t19-,23-,25-/m0/s1. The number of amides is 1. The van der Waals surface area contributed by atoms with Gasteiger partial charge in [-0.3, -0.25) is 14.5 Å². The molecule has 0 bridgehead atoms. The fourth-order valence-electron chi connectivity index (χ4n) is 5.62. The van der Waals surface area contributed by atoms with Crippen molar-refractivity contribution in [3.63, 3.8) is 0 Å². The number of aromatic nitrogens is 4. The van der Waals surface area contributed by atoms with Gasteiger partial charge in [0.05, 0.1) is 11.7 Å². The normalized spacial score (nSPS) is 22.4. The number of rotatable bonds is 8. The molecule has 0 aliphatic carbocycles. The molecule has 41 heavy (non-hydrogen) atoms. The molecular formula is C27H31ClN8O4S. The lowest BCUT2D eigenvalue weighted by molar-refractivity contribution is -0.133. The third kappa shape index (κ3) is 6.71. The van der Waals surface area contributed by atoms with Crippen molar-refractivity contribution < 1.29 is 18.0 Å². The van der Waals surface area contributed by atoms with Gasteiger partial charge in [-0.25, -0.2) is 5.14 Å². The SMILES string of the molecule is C[C@H]1CN([C@H]2C[C@@H](C(=O)Cc3ccccc3)N(C(=O)/C=C/c3cc(Cl)ccc3-n3cnnn3)C2)CCN1S(N)(=O)=O. The van der Waals surface area contributed by atoms with Gasteiger partial charge < -0.3 is 4.90 Å². The van der Waals surface area contributed by atoms with Crippen LogP contribution in [0.4, 0.5) is 0 Å². The first-order valence-corrected chi connectivity index (χ1v) is 15.1. The van der Waals surface area contributed by atoms with Gasteiger partial charge in [0.2, 0.25) is 5.91 Å². The van der Waals surface area contributed by atoms with Crippen LogP contribution in [0.25, 0.3) is 11.8 Å². The first kappa shape index (κ1) is 29.0. The molecule has 2 N–H and O–H groups in total. The maximum atomic E-state index is 13.6. The lowest BCUT2D eigenvalue weighted by Gasteiger charge is -2.40. The van der Waals surface area contributed by atoms with Gasteiger partial charge in [-0.2, -0.15) is 17.4 Å². The molecule has 0 saturated carbocycles. The highest BCUT2D eigenvalue weighted by molar-refractivity contribution is 7.86. The minimum Gasteiger partial charge on any atom is -0.327 e. The molecule has 0 unspecified atom stereocenters. The number of halogens is 1. The molecule has 14 heteroatoms. The van der Waals surface area contributed by atoms with Crippen molar-refractivity contribution in [3.05, 3.63) is 77.1 Å². The van der Waals surface area contributed by atoms with Gasteiger partial charge in [0, 0.05) is 61.3 Å². The molecule has 1 aromatic heterocycles. The van der Waals surface area contributed by atoms with Crippen molar-refractivity contribution in [2.45, 2.75) is 37.9 Å². The number of piperazine rings is 1. The highest BCUT2D eigenvalue weighted by Gasteiger charge is 2.43. The molecule has 5 rings (SSSR count). The summed E-state index contributed by atoms with van der Waals surface area (Å²) in [6, 6.07) is 13.6.